The van der Waals surface area contributed by atoms with E-state index in [-0.39, 0.29) is 29.4 Å². The Hall–Kier alpha value is -2.69. The summed E-state index contributed by atoms with van der Waals surface area (Å²) in [6.07, 6.45) is 3.03. The second-order valence-electron chi connectivity index (χ2n) is 10.6. The first-order valence-electron chi connectivity index (χ1n) is 13.4. The van der Waals surface area contributed by atoms with E-state index in [2.05, 4.69) is 0 Å². The van der Waals surface area contributed by atoms with E-state index in [9.17, 15) is 22.4 Å². The molecule has 2 aliphatic heterocycles. The smallest absolute Gasteiger partial charge is 0.410 e. The van der Waals surface area contributed by atoms with E-state index in [0.717, 1.165) is 12.8 Å². The van der Waals surface area contributed by atoms with Crippen LogP contribution < -0.4 is 0 Å². The fourth-order valence-corrected chi connectivity index (χ4v) is 7.57. The van der Waals surface area contributed by atoms with E-state index in [1.165, 1.54) is 40.7 Å². The van der Waals surface area contributed by atoms with Crippen molar-refractivity contribution in [2.75, 3.05) is 26.2 Å². The number of carbonyl (C=O) groups is 2. The van der Waals surface area contributed by atoms with Crippen LogP contribution in [0.1, 0.15) is 50.6 Å². The van der Waals surface area contributed by atoms with E-state index >= 15 is 0 Å². The number of rotatable bonds is 6. The van der Waals surface area contributed by atoms with Crippen LogP contribution in [0.3, 0.4) is 0 Å². The molecule has 210 valence electrons. The molecule has 3 fully saturated rings. The molecule has 0 bridgehead atoms. The number of ether oxygens (including phenoxy) is 1. The van der Waals surface area contributed by atoms with Crippen molar-refractivity contribution in [1.29, 1.82) is 0 Å². The number of nitrogens with zero attached hydrogens (tertiary/aromatic N) is 3. The average Bonchev–Trinajstić information content (AvgIpc) is 3.77. The second-order valence-corrected chi connectivity index (χ2v) is 12.9. The summed E-state index contributed by atoms with van der Waals surface area (Å²) in [6, 6.07) is 10.4. The predicted molar refractivity (Wildman–Crippen MR) is 144 cm³/mol. The number of halogens is 2. The maximum atomic E-state index is 14.1. The number of piperazine rings is 1. The summed E-state index contributed by atoms with van der Waals surface area (Å²) in [5.41, 5.74) is 0.550. The monoisotopic (exact) mass is 577 g/mol. The summed E-state index contributed by atoms with van der Waals surface area (Å²) in [6.45, 7) is 3.02. The standard InChI is InChI=1S/C28H33ClFN3O5S/c1-19-17-31(27(34)20-8-9-20)14-15-32(19)28(35)38-18-24-6-3-7-26(21-4-2-5-23(30)16-21)33(24)39(36,37)25-12-10-22(29)11-13-25/h2,4-5,10-13,16,19-20,24,26H,3,6-9,14-15,17-18H2,1H3/t19-,24+,26-/m0/s1. The van der Waals surface area contributed by atoms with Crippen molar-refractivity contribution in [3.05, 3.63) is 64.9 Å². The number of piperidine rings is 1. The summed E-state index contributed by atoms with van der Waals surface area (Å²) in [4.78, 5) is 29.0. The molecule has 3 aliphatic rings. The largest absolute Gasteiger partial charge is 0.448 e. The molecule has 2 aromatic rings. The van der Waals surface area contributed by atoms with Crippen molar-refractivity contribution in [3.8, 4) is 0 Å². The van der Waals surface area contributed by atoms with Crippen LogP contribution in [0.5, 0.6) is 0 Å². The molecular weight excluding hydrogens is 545 g/mol. The zero-order chi connectivity index (χ0) is 27.7. The van der Waals surface area contributed by atoms with Gasteiger partial charge < -0.3 is 14.5 Å². The van der Waals surface area contributed by atoms with Gasteiger partial charge in [0, 0.05) is 36.6 Å². The van der Waals surface area contributed by atoms with Gasteiger partial charge in [0.15, 0.2) is 0 Å². The van der Waals surface area contributed by atoms with Crippen LogP contribution in [-0.2, 0) is 19.6 Å². The molecule has 0 N–H and O–H groups in total. The highest BCUT2D eigenvalue weighted by Crippen LogP contribution is 2.39. The van der Waals surface area contributed by atoms with E-state index in [1.54, 1.807) is 17.0 Å². The molecule has 0 aromatic heterocycles. The van der Waals surface area contributed by atoms with Crippen LogP contribution >= 0.6 is 11.6 Å². The number of carbonyl (C=O) groups excluding carboxylic acids is 2. The normalized spacial score (nSPS) is 24.4. The molecule has 1 saturated carbocycles. The number of amides is 2. The molecular formula is C28H33ClFN3O5S. The Kier molecular flexibility index (Phi) is 8.16. The van der Waals surface area contributed by atoms with Crippen molar-refractivity contribution in [1.82, 2.24) is 14.1 Å². The van der Waals surface area contributed by atoms with Gasteiger partial charge in [0.2, 0.25) is 15.9 Å². The molecule has 1 aliphatic carbocycles. The SMILES string of the molecule is C[C@H]1CN(C(=O)C2CC2)CCN1C(=O)OC[C@H]1CCC[C@@H](c2cccc(F)c2)N1S(=O)(=O)c1ccc(Cl)cc1. The highest BCUT2D eigenvalue weighted by Gasteiger charge is 2.42. The molecule has 0 unspecified atom stereocenters. The van der Waals surface area contributed by atoms with Crippen LogP contribution in [0.15, 0.2) is 53.4 Å². The summed E-state index contributed by atoms with van der Waals surface area (Å²) in [7, 11) is -4.04. The van der Waals surface area contributed by atoms with Crippen LogP contribution in [-0.4, -0.2) is 72.8 Å². The van der Waals surface area contributed by atoms with Crippen LogP contribution in [0.4, 0.5) is 9.18 Å². The molecule has 2 aromatic carbocycles. The molecule has 2 heterocycles. The van der Waals surface area contributed by atoms with Gasteiger partial charge in [-0.25, -0.2) is 17.6 Å². The Morgan fingerprint density at radius 2 is 1.79 bits per heavy atom. The highest BCUT2D eigenvalue weighted by molar-refractivity contribution is 7.89. The van der Waals surface area contributed by atoms with Gasteiger partial charge in [0.25, 0.3) is 0 Å². The Labute approximate surface area is 233 Å². The lowest BCUT2D eigenvalue weighted by molar-refractivity contribution is -0.135. The molecule has 3 atom stereocenters. The number of hydrogen-bond donors (Lipinski definition) is 0. The molecule has 0 radical (unpaired) electrons. The number of benzene rings is 2. The van der Waals surface area contributed by atoms with Gasteiger partial charge in [0.1, 0.15) is 12.4 Å². The molecule has 5 rings (SSSR count). The van der Waals surface area contributed by atoms with Crippen molar-refractivity contribution >= 4 is 33.6 Å². The molecule has 0 spiro atoms. The topological polar surface area (TPSA) is 87.2 Å². The van der Waals surface area contributed by atoms with Gasteiger partial charge in [-0.1, -0.05) is 23.7 Å². The van der Waals surface area contributed by atoms with Crippen molar-refractivity contribution < 1.29 is 27.1 Å². The van der Waals surface area contributed by atoms with Crippen molar-refractivity contribution in [2.45, 2.75) is 62.0 Å². The van der Waals surface area contributed by atoms with Gasteiger partial charge in [-0.05, 0) is 81.0 Å². The minimum Gasteiger partial charge on any atom is -0.448 e. The van der Waals surface area contributed by atoms with Crippen LogP contribution in [0.2, 0.25) is 5.02 Å². The Morgan fingerprint density at radius 3 is 2.46 bits per heavy atom. The summed E-state index contributed by atoms with van der Waals surface area (Å²) in [5, 5.41) is 0.410. The predicted octanol–water partition coefficient (Wildman–Crippen LogP) is 4.84. The third-order valence-electron chi connectivity index (χ3n) is 7.80. The molecule has 39 heavy (non-hydrogen) atoms. The molecule has 2 saturated heterocycles. The van der Waals surface area contributed by atoms with Gasteiger partial charge in [-0.15, -0.1) is 0 Å². The Morgan fingerprint density at radius 1 is 1.05 bits per heavy atom. The van der Waals surface area contributed by atoms with Gasteiger partial charge in [-0.2, -0.15) is 4.31 Å². The van der Waals surface area contributed by atoms with Crippen LogP contribution in [0, 0.1) is 11.7 Å². The minimum atomic E-state index is -4.04. The molecule has 11 heteroatoms. The minimum absolute atomic E-state index is 0.0663. The second kappa shape index (κ2) is 11.4. The first kappa shape index (κ1) is 27.9. The summed E-state index contributed by atoms with van der Waals surface area (Å²) in [5.74, 6) is -0.164. The van der Waals surface area contributed by atoms with Gasteiger partial charge in [0.05, 0.1) is 17.0 Å². The quantitative estimate of drug-likeness (QED) is 0.490. The number of hydrogen-bond acceptors (Lipinski definition) is 5. The third-order valence-corrected chi connectivity index (χ3v) is 10.0. The fraction of sp³-hybridized carbons (Fsp3) is 0.500. The van der Waals surface area contributed by atoms with E-state index < -0.39 is 34.0 Å². The fourth-order valence-electron chi connectivity index (χ4n) is 5.60. The first-order valence-corrected chi connectivity index (χ1v) is 15.2. The maximum Gasteiger partial charge on any atom is 0.410 e. The van der Waals surface area contributed by atoms with E-state index in [4.69, 9.17) is 16.3 Å². The Balaban J connectivity index is 1.34. The Bertz CT molecular complexity index is 1320. The van der Waals surface area contributed by atoms with Gasteiger partial charge >= 0.3 is 6.09 Å². The third kappa shape index (κ3) is 6.07. The van der Waals surface area contributed by atoms with E-state index in [1.807, 2.05) is 11.8 Å². The lowest BCUT2D eigenvalue weighted by Gasteiger charge is -2.42. The molecule has 8 nitrogen and oxygen atoms in total. The average molecular weight is 578 g/mol. The number of sulfonamides is 1. The summed E-state index contributed by atoms with van der Waals surface area (Å²) < 4.78 is 49.1. The lowest BCUT2D eigenvalue weighted by atomic mass is 9.93. The first-order chi connectivity index (χ1) is 18.6. The van der Waals surface area contributed by atoms with Gasteiger partial charge in [-0.3, -0.25) is 4.79 Å². The lowest BCUT2D eigenvalue weighted by Crippen LogP contribution is -2.56. The highest BCUT2D eigenvalue weighted by atomic mass is 35.5. The zero-order valence-electron chi connectivity index (χ0n) is 21.8. The maximum absolute atomic E-state index is 14.1. The molecule has 2 amide bonds. The van der Waals surface area contributed by atoms with Crippen molar-refractivity contribution in [2.24, 2.45) is 5.92 Å². The van der Waals surface area contributed by atoms with Crippen molar-refractivity contribution in [3.63, 3.8) is 0 Å². The van der Waals surface area contributed by atoms with E-state index in [0.29, 0.717) is 49.5 Å². The van der Waals surface area contributed by atoms with Crippen LogP contribution in [0.25, 0.3) is 0 Å². The zero-order valence-corrected chi connectivity index (χ0v) is 23.4. The summed E-state index contributed by atoms with van der Waals surface area (Å²) >= 11 is 6.00.